The topological polar surface area (TPSA) is 43.8 Å². The fraction of sp³-hybridized carbons (Fsp3) is 0.750. The third-order valence-corrected chi connectivity index (χ3v) is 3.50. The van der Waals surface area contributed by atoms with Crippen LogP contribution in [0.4, 0.5) is 5.82 Å². The van der Waals surface area contributed by atoms with E-state index in [9.17, 15) is 0 Å². The minimum Gasteiger partial charge on any atom is -0.384 e. The average Bonchev–Trinajstić information content (AvgIpc) is 2.57. The van der Waals surface area contributed by atoms with Crippen molar-refractivity contribution < 1.29 is 0 Å². The largest absolute Gasteiger partial charge is 0.384 e. The van der Waals surface area contributed by atoms with E-state index in [1.165, 1.54) is 38.5 Å². The zero-order chi connectivity index (χ0) is 10.7. The monoisotopic (exact) mass is 207 g/mol. The molecule has 3 nitrogen and oxygen atoms in total. The van der Waals surface area contributed by atoms with Gasteiger partial charge in [0.2, 0.25) is 0 Å². The molecular weight excluding hydrogens is 186 g/mol. The predicted octanol–water partition coefficient (Wildman–Crippen LogP) is 2.52. The summed E-state index contributed by atoms with van der Waals surface area (Å²) in [4.78, 5) is 0. The van der Waals surface area contributed by atoms with Crippen molar-refractivity contribution in [2.45, 2.75) is 44.9 Å². The molecule has 2 rings (SSSR count). The molecule has 0 saturated heterocycles. The van der Waals surface area contributed by atoms with E-state index >= 15 is 0 Å². The van der Waals surface area contributed by atoms with E-state index in [2.05, 4.69) is 5.10 Å². The van der Waals surface area contributed by atoms with Crippen LogP contribution in [0, 0.1) is 5.92 Å². The molecule has 1 aliphatic rings. The molecule has 1 fully saturated rings. The molecule has 0 atom stereocenters. The minimum absolute atomic E-state index is 0.772. The number of nitrogen functional groups attached to an aromatic ring is 1. The quantitative estimate of drug-likeness (QED) is 0.827. The Kier molecular flexibility index (Phi) is 3.29. The highest BCUT2D eigenvalue weighted by Crippen LogP contribution is 2.27. The van der Waals surface area contributed by atoms with Gasteiger partial charge in [-0.15, -0.1) is 0 Å². The van der Waals surface area contributed by atoms with Crippen molar-refractivity contribution in [2.24, 2.45) is 13.0 Å². The molecule has 1 aromatic rings. The Bertz CT molecular complexity index is 291. The molecule has 0 bridgehead atoms. The molecule has 3 heteroatoms. The van der Waals surface area contributed by atoms with Gasteiger partial charge in [0.05, 0.1) is 5.69 Å². The standard InChI is InChI=1S/C12H21N3/c1-15-12(13)9-11(14-15)8-7-10-5-3-2-4-6-10/h9-10H,2-8,13H2,1H3. The summed E-state index contributed by atoms with van der Waals surface area (Å²) in [7, 11) is 1.90. The second-order valence-electron chi connectivity index (χ2n) is 4.73. The van der Waals surface area contributed by atoms with Crippen LogP contribution < -0.4 is 5.73 Å². The highest BCUT2D eigenvalue weighted by atomic mass is 15.3. The molecule has 84 valence electrons. The van der Waals surface area contributed by atoms with Crippen LogP contribution in [-0.4, -0.2) is 9.78 Å². The van der Waals surface area contributed by atoms with Crippen LogP contribution in [0.3, 0.4) is 0 Å². The highest BCUT2D eigenvalue weighted by molar-refractivity contribution is 5.30. The van der Waals surface area contributed by atoms with Crippen LogP contribution in [-0.2, 0) is 13.5 Å². The Hall–Kier alpha value is -0.990. The molecule has 0 spiro atoms. The number of rotatable bonds is 3. The molecule has 2 N–H and O–H groups in total. The molecule has 1 heterocycles. The number of aromatic nitrogens is 2. The molecule has 0 aliphatic heterocycles. The van der Waals surface area contributed by atoms with E-state index in [0.717, 1.165) is 23.9 Å². The summed E-state index contributed by atoms with van der Waals surface area (Å²) in [6.45, 7) is 0. The van der Waals surface area contributed by atoms with Gasteiger partial charge in [0.1, 0.15) is 5.82 Å². The van der Waals surface area contributed by atoms with Crippen molar-refractivity contribution in [1.29, 1.82) is 0 Å². The predicted molar refractivity (Wildman–Crippen MR) is 62.5 cm³/mol. The highest BCUT2D eigenvalue weighted by Gasteiger charge is 2.13. The lowest BCUT2D eigenvalue weighted by molar-refractivity contribution is 0.338. The SMILES string of the molecule is Cn1nc(CCC2CCCCC2)cc1N. The summed E-state index contributed by atoms with van der Waals surface area (Å²) in [5.74, 6) is 1.70. The molecule has 1 aromatic heterocycles. The average molecular weight is 207 g/mol. The van der Waals surface area contributed by atoms with Crippen LogP contribution >= 0.6 is 0 Å². The third kappa shape index (κ3) is 2.74. The van der Waals surface area contributed by atoms with Gasteiger partial charge in [-0.25, -0.2) is 0 Å². The van der Waals surface area contributed by atoms with E-state index < -0.39 is 0 Å². The van der Waals surface area contributed by atoms with E-state index in [1.807, 2.05) is 13.1 Å². The summed E-state index contributed by atoms with van der Waals surface area (Å²) in [5.41, 5.74) is 6.90. The van der Waals surface area contributed by atoms with Crippen molar-refractivity contribution >= 4 is 5.82 Å². The number of hydrogen-bond acceptors (Lipinski definition) is 2. The Morgan fingerprint density at radius 2 is 2.13 bits per heavy atom. The van der Waals surface area contributed by atoms with Gasteiger partial charge in [0.25, 0.3) is 0 Å². The summed E-state index contributed by atoms with van der Waals surface area (Å²) in [5, 5.41) is 4.39. The summed E-state index contributed by atoms with van der Waals surface area (Å²) >= 11 is 0. The second kappa shape index (κ2) is 4.69. The maximum absolute atomic E-state index is 5.75. The molecule has 1 saturated carbocycles. The molecule has 15 heavy (non-hydrogen) atoms. The summed E-state index contributed by atoms with van der Waals surface area (Å²) < 4.78 is 1.76. The first kappa shape index (κ1) is 10.5. The van der Waals surface area contributed by atoms with Crippen molar-refractivity contribution in [2.75, 3.05) is 5.73 Å². The minimum atomic E-state index is 0.772. The Balaban J connectivity index is 1.81. The molecule has 0 unspecified atom stereocenters. The Labute approximate surface area is 91.7 Å². The second-order valence-corrected chi connectivity index (χ2v) is 4.73. The first-order chi connectivity index (χ1) is 7.25. The first-order valence-corrected chi connectivity index (χ1v) is 6.04. The van der Waals surface area contributed by atoms with Gasteiger partial charge in [0, 0.05) is 13.1 Å². The number of nitrogens with two attached hydrogens (primary N) is 1. The number of anilines is 1. The van der Waals surface area contributed by atoms with Crippen molar-refractivity contribution in [3.8, 4) is 0 Å². The zero-order valence-corrected chi connectivity index (χ0v) is 9.58. The van der Waals surface area contributed by atoms with Crippen LogP contribution in [0.15, 0.2) is 6.07 Å². The first-order valence-electron chi connectivity index (χ1n) is 6.04. The Morgan fingerprint density at radius 3 is 2.73 bits per heavy atom. The lowest BCUT2D eigenvalue weighted by Gasteiger charge is -2.20. The maximum Gasteiger partial charge on any atom is 0.121 e. The van der Waals surface area contributed by atoms with E-state index in [1.54, 1.807) is 4.68 Å². The van der Waals surface area contributed by atoms with Crippen molar-refractivity contribution in [3.63, 3.8) is 0 Å². The summed E-state index contributed by atoms with van der Waals surface area (Å²) in [6, 6.07) is 2.00. The van der Waals surface area contributed by atoms with Gasteiger partial charge in [-0.1, -0.05) is 32.1 Å². The van der Waals surface area contributed by atoms with Crippen LogP contribution in [0.2, 0.25) is 0 Å². The maximum atomic E-state index is 5.75. The van der Waals surface area contributed by atoms with Crippen LogP contribution in [0.25, 0.3) is 0 Å². The van der Waals surface area contributed by atoms with Gasteiger partial charge in [-0.2, -0.15) is 5.10 Å². The van der Waals surface area contributed by atoms with Gasteiger partial charge in [0.15, 0.2) is 0 Å². The number of hydrogen-bond donors (Lipinski definition) is 1. The van der Waals surface area contributed by atoms with E-state index in [4.69, 9.17) is 5.73 Å². The lowest BCUT2D eigenvalue weighted by atomic mass is 9.86. The number of aryl methyl sites for hydroxylation is 2. The zero-order valence-electron chi connectivity index (χ0n) is 9.58. The fourth-order valence-corrected chi connectivity index (χ4v) is 2.49. The smallest absolute Gasteiger partial charge is 0.121 e. The van der Waals surface area contributed by atoms with Gasteiger partial charge in [-0.05, 0) is 18.8 Å². The van der Waals surface area contributed by atoms with Gasteiger partial charge in [-0.3, -0.25) is 4.68 Å². The normalized spacial score (nSPS) is 18.2. The molecule has 0 radical (unpaired) electrons. The lowest BCUT2D eigenvalue weighted by Crippen LogP contribution is -2.07. The molecular formula is C12H21N3. The van der Waals surface area contributed by atoms with E-state index in [-0.39, 0.29) is 0 Å². The van der Waals surface area contributed by atoms with E-state index in [0.29, 0.717) is 0 Å². The molecule has 0 amide bonds. The van der Waals surface area contributed by atoms with Crippen molar-refractivity contribution in [1.82, 2.24) is 9.78 Å². The molecule has 0 aromatic carbocycles. The Morgan fingerprint density at radius 1 is 1.40 bits per heavy atom. The van der Waals surface area contributed by atoms with Crippen LogP contribution in [0.1, 0.15) is 44.2 Å². The van der Waals surface area contributed by atoms with Crippen molar-refractivity contribution in [3.05, 3.63) is 11.8 Å². The summed E-state index contributed by atoms with van der Waals surface area (Å²) in [6.07, 6.45) is 9.51. The van der Waals surface area contributed by atoms with Gasteiger partial charge >= 0.3 is 0 Å². The third-order valence-electron chi connectivity index (χ3n) is 3.50. The molecule has 1 aliphatic carbocycles. The fourth-order valence-electron chi connectivity index (χ4n) is 2.49. The van der Waals surface area contributed by atoms with Gasteiger partial charge < -0.3 is 5.73 Å². The number of nitrogens with zero attached hydrogens (tertiary/aromatic N) is 2. The van der Waals surface area contributed by atoms with Crippen LogP contribution in [0.5, 0.6) is 0 Å².